The molecular weight excluding hydrogens is 357 g/mol. The molecule has 0 saturated carbocycles. The summed E-state index contributed by atoms with van der Waals surface area (Å²) in [6, 6.07) is 11.4. The number of aryl methyl sites for hydroxylation is 1. The Balaban J connectivity index is 1.80. The first-order chi connectivity index (χ1) is 12.5. The van der Waals surface area contributed by atoms with E-state index in [1.54, 1.807) is 41.8 Å². The lowest BCUT2D eigenvalue weighted by Gasteiger charge is -2.09. The summed E-state index contributed by atoms with van der Waals surface area (Å²) in [5.74, 6) is 0.769. The number of hydrogen-bond acceptors (Lipinski definition) is 6. The van der Waals surface area contributed by atoms with Crippen molar-refractivity contribution < 1.29 is 4.39 Å². The van der Waals surface area contributed by atoms with Gasteiger partial charge in [0.25, 0.3) is 0 Å². The number of anilines is 3. The molecule has 3 N–H and O–H groups in total. The summed E-state index contributed by atoms with van der Waals surface area (Å²) in [6.07, 6.45) is 0. The van der Waals surface area contributed by atoms with Crippen molar-refractivity contribution in [2.24, 2.45) is 0 Å². The number of benzene rings is 2. The molecule has 0 atom stereocenters. The van der Waals surface area contributed by atoms with Crippen LogP contribution in [0.5, 0.6) is 0 Å². The number of aromatic nitrogens is 5. The zero-order valence-corrected chi connectivity index (χ0v) is 14.4. The minimum absolute atomic E-state index is 0.0316. The first-order valence-electron chi connectivity index (χ1n) is 7.69. The van der Waals surface area contributed by atoms with Gasteiger partial charge >= 0.3 is 0 Å². The maximum Gasteiger partial charge on any atom is 0.242 e. The molecule has 7 nitrogen and oxygen atoms in total. The van der Waals surface area contributed by atoms with Crippen molar-refractivity contribution >= 4 is 40.2 Å². The minimum Gasteiger partial charge on any atom is -0.368 e. The topological polar surface area (TPSA) is 94.5 Å². The molecule has 0 aliphatic heterocycles. The molecule has 0 saturated heterocycles. The summed E-state index contributed by atoms with van der Waals surface area (Å²) in [7, 11) is 0. The van der Waals surface area contributed by atoms with Crippen LogP contribution in [-0.2, 0) is 0 Å². The van der Waals surface area contributed by atoms with E-state index >= 15 is 0 Å². The molecule has 0 aliphatic carbocycles. The highest BCUT2D eigenvalue weighted by atomic mass is 35.5. The summed E-state index contributed by atoms with van der Waals surface area (Å²) in [4.78, 5) is 17.1. The van der Waals surface area contributed by atoms with Gasteiger partial charge in [-0.2, -0.15) is 15.0 Å². The Kier molecular flexibility index (Phi) is 3.89. The molecule has 2 heterocycles. The highest BCUT2D eigenvalue weighted by Crippen LogP contribution is 2.22. The SMILES string of the molecule is Cc1nc2ccc(F)cc2n1-c1nc(N)nc(Nc2ccc(Cl)cc2)n1. The zero-order valence-electron chi connectivity index (χ0n) is 13.6. The van der Waals surface area contributed by atoms with E-state index in [0.717, 1.165) is 5.69 Å². The molecule has 26 heavy (non-hydrogen) atoms. The second kappa shape index (κ2) is 6.23. The molecule has 0 bridgehead atoms. The smallest absolute Gasteiger partial charge is 0.242 e. The minimum atomic E-state index is -0.375. The Morgan fingerprint density at radius 3 is 2.58 bits per heavy atom. The Labute approximate surface area is 152 Å². The highest BCUT2D eigenvalue weighted by molar-refractivity contribution is 6.30. The number of hydrogen-bond donors (Lipinski definition) is 2. The summed E-state index contributed by atoms with van der Waals surface area (Å²) >= 11 is 5.89. The fraction of sp³-hybridized carbons (Fsp3) is 0.0588. The van der Waals surface area contributed by atoms with Crippen LogP contribution in [0.1, 0.15) is 5.82 Å². The Hall–Kier alpha value is -3.26. The van der Waals surface area contributed by atoms with Crippen LogP contribution >= 0.6 is 11.6 Å². The summed E-state index contributed by atoms with van der Waals surface area (Å²) in [6.45, 7) is 1.78. The van der Waals surface area contributed by atoms with E-state index in [1.807, 2.05) is 0 Å². The first-order valence-corrected chi connectivity index (χ1v) is 8.06. The molecule has 0 amide bonds. The number of nitrogen functional groups attached to an aromatic ring is 1. The van der Waals surface area contributed by atoms with Crippen molar-refractivity contribution in [2.45, 2.75) is 6.92 Å². The van der Waals surface area contributed by atoms with Crippen molar-refractivity contribution in [2.75, 3.05) is 11.1 Å². The molecule has 4 aromatic rings. The number of rotatable bonds is 3. The third kappa shape index (κ3) is 3.02. The normalized spacial score (nSPS) is 11.0. The van der Waals surface area contributed by atoms with Crippen molar-refractivity contribution in [3.63, 3.8) is 0 Å². The zero-order chi connectivity index (χ0) is 18.3. The third-order valence-corrected chi connectivity index (χ3v) is 3.98. The van der Waals surface area contributed by atoms with Crippen LogP contribution in [0.4, 0.5) is 22.0 Å². The van der Waals surface area contributed by atoms with Gasteiger partial charge in [0.2, 0.25) is 17.8 Å². The lowest BCUT2D eigenvalue weighted by atomic mass is 10.3. The van der Waals surface area contributed by atoms with E-state index in [1.165, 1.54) is 12.1 Å². The maximum absolute atomic E-state index is 13.7. The molecular formula is C17H13ClFN7. The molecule has 0 fully saturated rings. The highest BCUT2D eigenvalue weighted by Gasteiger charge is 2.14. The molecule has 0 spiro atoms. The van der Waals surface area contributed by atoms with Crippen molar-refractivity contribution in [3.05, 3.63) is 59.1 Å². The van der Waals surface area contributed by atoms with E-state index in [2.05, 4.69) is 25.3 Å². The first kappa shape index (κ1) is 16.2. The molecule has 0 unspecified atom stereocenters. The predicted octanol–water partition coefficient (Wildman–Crippen LogP) is 3.64. The monoisotopic (exact) mass is 369 g/mol. The molecule has 2 aromatic carbocycles. The number of fused-ring (bicyclic) bond motifs is 1. The van der Waals surface area contributed by atoms with Gasteiger partial charge in [-0.1, -0.05) is 11.6 Å². The van der Waals surface area contributed by atoms with Crippen LogP contribution in [0.25, 0.3) is 17.0 Å². The summed E-state index contributed by atoms with van der Waals surface area (Å²) < 4.78 is 15.3. The molecule has 4 rings (SSSR count). The van der Waals surface area contributed by atoms with Gasteiger partial charge in [-0.3, -0.25) is 4.57 Å². The van der Waals surface area contributed by atoms with Gasteiger partial charge in [0, 0.05) is 16.8 Å². The second-order valence-corrected chi connectivity index (χ2v) is 6.01. The van der Waals surface area contributed by atoms with Crippen LogP contribution in [-0.4, -0.2) is 24.5 Å². The molecule has 130 valence electrons. The van der Waals surface area contributed by atoms with Crippen LogP contribution in [0.15, 0.2) is 42.5 Å². The second-order valence-electron chi connectivity index (χ2n) is 5.58. The van der Waals surface area contributed by atoms with Gasteiger partial charge in [0.15, 0.2) is 0 Å². The summed E-state index contributed by atoms with van der Waals surface area (Å²) in [5, 5.41) is 3.66. The van der Waals surface area contributed by atoms with Crippen LogP contribution in [0, 0.1) is 12.7 Å². The quantitative estimate of drug-likeness (QED) is 0.572. The number of nitrogens with zero attached hydrogens (tertiary/aromatic N) is 5. The molecule has 9 heteroatoms. The number of nitrogens with two attached hydrogens (primary N) is 1. The summed E-state index contributed by atoms with van der Waals surface area (Å²) in [5.41, 5.74) is 7.76. The van der Waals surface area contributed by atoms with Crippen molar-refractivity contribution in [1.29, 1.82) is 0 Å². The lowest BCUT2D eigenvalue weighted by molar-refractivity contribution is 0.629. The van der Waals surface area contributed by atoms with Gasteiger partial charge in [-0.15, -0.1) is 0 Å². The largest absolute Gasteiger partial charge is 0.368 e. The molecule has 0 aliphatic rings. The average Bonchev–Trinajstić information content (AvgIpc) is 2.91. The maximum atomic E-state index is 13.7. The Morgan fingerprint density at radius 1 is 1.04 bits per heavy atom. The third-order valence-electron chi connectivity index (χ3n) is 3.73. The van der Waals surface area contributed by atoms with Gasteiger partial charge in [0.05, 0.1) is 11.0 Å². The van der Waals surface area contributed by atoms with Gasteiger partial charge in [-0.25, -0.2) is 9.37 Å². The van der Waals surface area contributed by atoms with Crippen LogP contribution < -0.4 is 11.1 Å². The molecule has 0 radical (unpaired) electrons. The predicted molar refractivity (Wildman–Crippen MR) is 98.3 cm³/mol. The van der Waals surface area contributed by atoms with E-state index in [9.17, 15) is 4.39 Å². The van der Waals surface area contributed by atoms with Crippen LogP contribution in [0.2, 0.25) is 5.02 Å². The van der Waals surface area contributed by atoms with Crippen LogP contribution in [0.3, 0.4) is 0 Å². The van der Waals surface area contributed by atoms with E-state index in [0.29, 0.717) is 21.9 Å². The van der Waals surface area contributed by atoms with Crippen molar-refractivity contribution in [1.82, 2.24) is 24.5 Å². The fourth-order valence-electron chi connectivity index (χ4n) is 2.62. The standard InChI is InChI=1S/C17H13ClFN7/c1-9-21-13-7-4-11(19)8-14(13)26(9)17-24-15(20)23-16(25-17)22-12-5-2-10(18)3-6-12/h2-8H,1H3,(H3,20,22,23,24,25). The van der Waals surface area contributed by atoms with Gasteiger partial charge in [0.1, 0.15) is 11.6 Å². The lowest BCUT2D eigenvalue weighted by Crippen LogP contribution is -2.10. The fourth-order valence-corrected chi connectivity index (χ4v) is 2.75. The van der Waals surface area contributed by atoms with E-state index in [-0.39, 0.29) is 23.7 Å². The number of halogens is 2. The van der Waals surface area contributed by atoms with E-state index < -0.39 is 0 Å². The average molecular weight is 370 g/mol. The number of imidazole rings is 1. The van der Waals surface area contributed by atoms with Crippen molar-refractivity contribution in [3.8, 4) is 5.95 Å². The van der Waals surface area contributed by atoms with Gasteiger partial charge in [-0.05, 0) is 43.3 Å². The van der Waals surface area contributed by atoms with E-state index in [4.69, 9.17) is 17.3 Å². The Bertz CT molecular complexity index is 1110. The molecule has 2 aromatic heterocycles. The van der Waals surface area contributed by atoms with Gasteiger partial charge < -0.3 is 11.1 Å². The number of nitrogens with one attached hydrogen (secondary N) is 1. The Morgan fingerprint density at radius 2 is 1.81 bits per heavy atom.